The van der Waals surface area contributed by atoms with Gasteiger partial charge in [-0.25, -0.2) is 0 Å². The molecule has 0 aliphatic carbocycles. The predicted octanol–water partition coefficient (Wildman–Crippen LogP) is 5.31. The van der Waals surface area contributed by atoms with Gasteiger partial charge in [-0.05, 0) is 66.4 Å². The van der Waals surface area contributed by atoms with Crippen LogP contribution in [0.3, 0.4) is 0 Å². The predicted molar refractivity (Wildman–Crippen MR) is 116 cm³/mol. The molecule has 0 aliphatic rings. The maximum Gasteiger partial charge on any atom is 0.255 e. The Labute approximate surface area is 170 Å². The van der Waals surface area contributed by atoms with E-state index in [4.69, 9.17) is 4.42 Å². The van der Waals surface area contributed by atoms with Crippen molar-refractivity contribution >= 4 is 29.3 Å². The molecule has 0 saturated carbocycles. The maximum absolute atomic E-state index is 12.7. The third-order valence-corrected chi connectivity index (χ3v) is 4.59. The number of benzene rings is 2. The maximum atomic E-state index is 12.7. The number of carbonyl (C=O) groups is 2. The van der Waals surface area contributed by atoms with Gasteiger partial charge in [-0.2, -0.15) is 0 Å². The largest absolute Gasteiger partial charge is 0.465 e. The van der Waals surface area contributed by atoms with Crippen molar-refractivity contribution in [1.82, 2.24) is 0 Å². The summed E-state index contributed by atoms with van der Waals surface area (Å²) in [6.07, 6.45) is 6.23. The summed E-state index contributed by atoms with van der Waals surface area (Å²) in [5.74, 6) is 0.158. The van der Waals surface area contributed by atoms with Gasteiger partial charge in [-0.15, -0.1) is 0 Å². The number of para-hydroxylation sites is 1. The Kier molecular flexibility index (Phi) is 6.63. The van der Waals surface area contributed by atoms with Gasteiger partial charge in [0.15, 0.2) is 0 Å². The molecule has 0 unspecified atom stereocenters. The fourth-order valence-electron chi connectivity index (χ4n) is 3.02. The molecule has 0 bridgehead atoms. The number of anilines is 2. The zero-order chi connectivity index (χ0) is 20.6. The first-order valence-electron chi connectivity index (χ1n) is 9.65. The Bertz CT molecular complexity index is 981. The van der Waals surface area contributed by atoms with Crippen LogP contribution >= 0.6 is 0 Å². The number of amides is 2. The average Bonchev–Trinajstić information content (AvgIpc) is 3.26. The average molecular weight is 388 g/mol. The summed E-state index contributed by atoms with van der Waals surface area (Å²) >= 11 is 0. The highest BCUT2D eigenvalue weighted by molar-refractivity contribution is 6.06. The van der Waals surface area contributed by atoms with Crippen molar-refractivity contribution in [1.29, 1.82) is 0 Å². The fraction of sp³-hybridized carbons (Fsp3) is 0.167. The Morgan fingerprint density at radius 1 is 0.897 bits per heavy atom. The van der Waals surface area contributed by atoms with Crippen LogP contribution in [0, 0.1) is 0 Å². The first-order valence-corrected chi connectivity index (χ1v) is 9.65. The highest BCUT2D eigenvalue weighted by Crippen LogP contribution is 2.23. The van der Waals surface area contributed by atoms with E-state index in [1.165, 1.54) is 6.08 Å². The summed E-state index contributed by atoms with van der Waals surface area (Å²) in [6.45, 7) is 4.14. The van der Waals surface area contributed by atoms with Gasteiger partial charge < -0.3 is 15.1 Å². The summed E-state index contributed by atoms with van der Waals surface area (Å²) in [4.78, 5) is 24.7. The van der Waals surface area contributed by atoms with Crippen molar-refractivity contribution in [3.63, 3.8) is 0 Å². The highest BCUT2D eigenvalue weighted by atomic mass is 16.3. The van der Waals surface area contributed by atoms with E-state index >= 15 is 0 Å². The second kappa shape index (κ2) is 9.55. The lowest BCUT2D eigenvalue weighted by Gasteiger charge is -2.14. The van der Waals surface area contributed by atoms with Gasteiger partial charge in [0.25, 0.3) is 5.91 Å². The van der Waals surface area contributed by atoms with Crippen LogP contribution in [0.5, 0.6) is 0 Å². The van der Waals surface area contributed by atoms with Crippen LogP contribution in [0.1, 0.15) is 41.1 Å². The van der Waals surface area contributed by atoms with Crippen LogP contribution in [-0.2, 0) is 17.6 Å². The van der Waals surface area contributed by atoms with E-state index in [1.807, 2.05) is 18.2 Å². The van der Waals surface area contributed by atoms with Gasteiger partial charge in [0.2, 0.25) is 5.91 Å². The topological polar surface area (TPSA) is 71.3 Å². The van der Waals surface area contributed by atoms with Gasteiger partial charge in [0.1, 0.15) is 5.76 Å². The summed E-state index contributed by atoms with van der Waals surface area (Å²) in [5.41, 5.74) is 4.26. The molecule has 0 atom stereocenters. The van der Waals surface area contributed by atoms with Crippen molar-refractivity contribution in [2.24, 2.45) is 0 Å². The van der Waals surface area contributed by atoms with E-state index in [1.54, 1.807) is 48.7 Å². The molecule has 1 heterocycles. The van der Waals surface area contributed by atoms with E-state index in [0.29, 0.717) is 17.0 Å². The van der Waals surface area contributed by atoms with E-state index in [-0.39, 0.29) is 11.8 Å². The molecule has 0 radical (unpaired) electrons. The first kappa shape index (κ1) is 20.1. The second-order valence-corrected chi connectivity index (χ2v) is 6.53. The molecular formula is C24H24N2O3. The number of rotatable bonds is 7. The van der Waals surface area contributed by atoms with Crippen LogP contribution in [0.4, 0.5) is 11.4 Å². The SMILES string of the molecule is CCc1cccc(CC)c1NC(=O)c1ccc(NC(=O)C=Cc2ccco2)cc1. The molecule has 5 nitrogen and oxygen atoms in total. The Balaban J connectivity index is 1.66. The van der Waals surface area contributed by atoms with Gasteiger partial charge in [-0.1, -0.05) is 32.0 Å². The summed E-state index contributed by atoms with van der Waals surface area (Å²) in [6, 6.07) is 16.4. The zero-order valence-electron chi connectivity index (χ0n) is 16.6. The zero-order valence-corrected chi connectivity index (χ0v) is 16.6. The van der Waals surface area contributed by atoms with Crippen molar-refractivity contribution in [2.75, 3.05) is 10.6 Å². The fourth-order valence-corrected chi connectivity index (χ4v) is 3.02. The summed E-state index contributed by atoms with van der Waals surface area (Å²) in [5, 5.41) is 5.80. The minimum absolute atomic E-state index is 0.170. The van der Waals surface area contributed by atoms with Crippen LogP contribution in [0.25, 0.3) is 6.08 Å². The standard InChI is InChI=1S/C24H24N2O3/c1-3-17-7-5-8-18(4-2)23(17)26-24(28)19-10-12-20(13-11-19)25-22(27)15-14-21-9-6-16-29-21/h5-16H,3-4H2,1-2H3,(H,25,27)(H,26,28). The minimum Gasteiger partial charge on any atom is -0.465 e. The van der Waals surface area contributed by atoms with Crippen molar-refractivity contribution in [3.05, 3.63) is 89.4 Å². The molecule has 5 heteroatoms. The van der Waals surface area contributed by atoms with Gasteiger partial charge in [0.05, 0.1) is 6.26 Å². The lowest BCUT2D eigenvalue weighted by Crippen LogP contribution is -2.15. The Morgan fingerprint density at radius 3 is 2.17 bits per heavy atom. The Morgan fingerprint density at radius 2 is 1.59 bits per heavy atom. The van der Waals surface area contributed by atoms with Crippen molar-refractivity contribution in [3.8, 4) is 0 Å². The molecule has 3 rings (SSSR count). The molecular weight excluding hydrogens is 364 g/mol. The third-order valence-electron chi connectivity index (χ3n) is 4.59. The highest BCUT2D eigenvalue weighted by Gasteiger charge is 2.12. The molecule has 2 amide bonds. The molecule has 0 fully saturated rings. The third kappa shape index (κ3) is 5.23. The number of hydrogen-bond donors (Lipinski definition) is 2. The normalized spacial score (nSPS) is 10.8. The van der Waals surface area contributed by atoms with E-state index in [2.05, 4.69) is 24.5 Å². The number of furan rings is 1. The van der Waals surface area contributed by atoms with Crippen molar-refractivity contribution in [2.45, 2.75) is 26.7 Å². The number of nitrogens with one attached hydrogen (secondary N) is 2. The molecule has 0 saturated heterocycles. The first-order chi connectivity index (χ1) is 14.1. The quantitative estimate of drug-likeness (QED) is 0.539. The van der Waals surface area contributed by atoms with Gasteiger partial charge in [0, 0.05) is 23.0 Å². The van der Waals surface area contributed by atoms with Gasteiger partial charge >= 0.3 is 0 Å². The summed E-state index contributed by atoms with van der Waals surface area (Å²) in [7, 11) is 0. The van der Waals surface area contributed by atoms with E-state index in [9.17, 15) is 9.59 Å². The second-order valence-electron chi connectivity index (χ2n) is 6.53. The van der Waals surface area contributed by atoms with E-state index < -0.39 is 0 Å². The molecule has 2 N–H and O–H groups in total. The number of carbonyl (C=O) groups excluding carboxylic acids is 2. The molecule has 1 aromatic heterocycles. The Hall–Kier alpha value is -3.60. The van der Waals surface area contributed by atoms with Crippen molar-refractivity contribution < 1.29 is 14.0 Å². The molecule has 0 aliphatic heterocycles. The van der Waals surface area contributed by atoms with Crippen LogP contribution in [0.2, 0.25) is 0 Å². The van der Waals surface area contributed by atoms with Gasteiger partial charge in [-0.3, -0.25) is 9.59 Å². The van der Waals surface area contributed by atoms with Crippen LogP contribution < -0.4 is 10.6 Å². The lowest BCUT2D eigenvalue weighted by atomic mass is 10.0. The summed E-state index contributed by atoms with van der Waals surface area (Å²) < 4.78 is 5.15. The molecule has 0 spiro atoms. The van der Waals surface area contributed by atoms with Crippen LogP contribution in [-0.4, -0.2) is 11.8 Å². The molecule has 2 aromatic carbocycles. The van der Waals surface area contributed by atoms with Crippen LogP contribution in [0.15, 0.2) is 71.4 Å². The molecule has 148 valence electrons. The van der Waals surface area contributed by atoms with E-state index in [0.717, 1.165) is 29.7 Å². The molecule has 29 heavy (non-hydrogen) atoms. The number of aryl methyl sites for hydroxylation is 2. The molecule has 3 aromatic rings. The smallest absolute Gasteiger partial charge is 0.255 e. The minimum atomic E-state index is -0.275. The monoisotopic (exact) mass is 388 g/mol. The number of hydrogen-bond acceptors (Lipinski definition) is 3. The lowest BCUT2D eigenvalue weighted by molar-refractivity contribution is -0.111.